The zero-order chi connectivity index (χ0) is 13.7. The van der Waals surface area contributed by atoms with Crippen molar-refractivity contribution in [3.63, 3.8) is 0 Å². The van der Waals surface area contributed by atoms with Gasteiger partial charge in [-0.3, -0.25) is 0 Å². The highest BCUT2D eigenvalue weighted by molar-refractivity contribution is 5.14. The van der Waals surface area contributed by atoms with Gasteiger partial charge >= 0.3 is 0 Å². The fourth-order valence-electron chi connectivity index (χ4n) is 2.86. The van der Waals surface area contributed by atoms with E-state index in [0.29, 0.717) is 5.54 Å². The standard InChI is InChI=1S/C17H28N2/c1-17(18(2)3)11-14-19(15-12-17)13-7-10-16-8-5-4-6-9-16/h4-6,8-9H,7,10-15H2,1-3H3. The molecule has 0 atom stereocenters. The van der Waals surface area contributed by atoms with Crippen LogP contribution in [0.5, 0.6) is 0 Å². The second-order valence-corrected chi connectivity index (χ2v) is 6.32. The number of aryl methyl sites for hydroxylation is 1. The van der Waals surface area contributed by atoms with Gasteiger partial charge in [0.15, 0.2) is 0 Å². The predicted octanol–water partition coefficient (Wildman–Crippen LogP) is 3.04. The minimum absolute atomic E-state index is 0.413. The summed E-state index contributed by atoms with van der Waals surface area (Å²) in [6.07, 6.45) is 5.08. The van der Waals surface area contributed by atoms with E-state index in [4.69, 9.17) is 0 Å². The predicted molar refractivity (Wildman–Crippen MR) is 82.5 cm³/mol. The van der Waals surface area contributed by atoms with Gasteiger partial charge in [-0.25, -0.2) is 0 Å². The highest BCUT2D eigenvalue weighted by atomic mass is 15.2. The molecular formula is C17H28N2. The molecule has 2 nitrogen and oxygen atoms in total. The molecule has 1 heterocycles. The molecule has 2 rings (SSSR count). The van der Waals surface area contributed by atoms with Crippen LogP contribution in [0.2, 0.25) is 0 Å². The van der Waals surface area contributed by atoms with E-state index in [2.05, 4.69) is 61.2 Å². The number of piperidine rings is 1. The lowest BCUT2D eigenvalue weighted by atomic mass is 9.88. The Labute approximate surface area is 118 Å². The van der Waals surface area contributed by atoms with Crippen molar-refractivity contribution in [3.05, 3.63) is 35.9 Å². The molecule has 0 N–H and O–H groups in total. The van der Waals surface area contributed by atoms with E-state index >= 15 is 0 Å². The van der Waals surface area contributed by atoms with Crippen LogP contribution >= 0.6 is 0 Å². The van der Waals surface area contributed by atoms with E-state index in [-0.39, 0.29) is 0 Å². The van der Waals surface area contributed by atoms with Crippen molar-refractivity contribution >= 4 is 0 Å². The molecule has 0 radical (unpaired) electrons. The molecule has 1 saturated heterocycles. The van der Waals surface area contributed by atoms with Crippen LogP contribution in [0.4, 0.5) is 0 Å². The lowest BCUT2D eigenvalue weighted by Gasteiger charge is -2.43. The van der Waals surface area contributed by atoms with Gasteiger partial charge in [0.2, 0.25) is 0 Å². The fourth-order valence-corrected chi connectivity index (χ4v) is 2.86. The van der Waals surface area contributed by atoms with Crippen molar-refractivity contribution in [3.8, 4) is 0 Å². The van der Waals surface area contributed by atoms with Crippen molar-refractivity contribution < 1.29 is 0 Å². The molecule has 0 aliphatic carbocycles. The molecule has 0 amide bonds. The van der Waals surface area contributed by atoms with Crippen molar-refractivity contribution in [2.24, 2.45) is 0 Å². The number of rotatable bonds is 5. The lowest BCUT2D eigenvalue weighted by molar-refractivity contribution is 0.0706. The molecule has 1 aliphatic rings. The maximum absolute atomic E-state index is 2.63. The summed E-state index contributed by atoms with van der Waals surface area (Å²) >= 11 is 0. The first-order valence-electron chi connectivity index (χ1n) is 7.54. The molecule has 0 spiro atoms. The molecule has 0 bridgehead atoms. The molecule has 106 valence electrons. The molecule has 2 heteroatoms. The van der Waals surface area contributed by atoms with E-state index in [1.807, 2.05) is 0 Å². The maximum atomic E-state index is 2.63. The van der Waals surface area contributed by atoms with Gasteiger partial charge in [0.05, 0.1) is 0 Å². The summed E-state index contributed by atoms with van der Waals surface area (Å²) in [6.45, 7) is 6.15. The van der Waals surface area contributed by atoms with Crippen LogP contribution in [0.1, 0.15) is 31.7 Å². The van der Waals surface area contributed by atoms with Crippen molar-refractivity contribution in [1.82, 2.24) is 9.80 Å². The quantitative estimate of drug-likeness (QED) is 0.803. The highest BCUT2D eigenvalue weighted by Crippen LogP contribution is 2.26. The second-order valence-electron chi connectivity index (χ2n) is 6.32. The Kier molecular flexibility index (Phi) is 5.00. The minimum atomic E-state index is 0.413. The third kappa shape index (κ3) is 4.05. The number of hydrogen-bond donors (Lipinski definition) is 0. The van der Waals surface area contributed by atoms with Gasteiger partial charge in [-0.2, -0.15) is 0 Å². The molecule has 0 unspecified atom stereocenters. The minimum Gasteiger partial charge on any atom is -0.304 e. The van der Waals surface area contributed by atoms with E-state index in [1.54, 1.807) is 0 Å². The summed E-state index contributed by atoms with van der Waals surface area (Å²) in [6, 6.07) is 10.8. The average Bonchev–Trinajstić information content (AvgIpc) is 2.42. The molecule has 1 aromatic carbocycles. The molecule has 0 saturated carbocycles. The van der Waals surface area contributed by atoms with Crippen LogP contribution in [0, 0.1) is 0 Å². The van der Waals surface area contributed by atoms with E-state index < -0.39 is 0 Å². The van der Waals surface area contributed by atoms with Gasteiger partial charge < -0.3 is 9.80 Å². The monoisotopic (exact) mass is 260 g/mol. The SMILES string of the molecule is CN(C)C1(C)CCN(CCCc2ccccc2)CC1. The molecule has 1 fully saturated rings. The topological polar surface area (TPSA) is 6.48 Å². The normalized spacial score (nSPS) is 19.8. The average molecular weight is 260 g/mol. The first-order valence-corrected chi connectivity index (χ1v) is 7.54. The third-order valence-corrected chi connectivity index (χ3v) is 4.80. The van der Waals surface area contributed by atoms with Crippen LogP contribution in [-0.4, -0.2) is 49.1 Å². The molecule has 1 aromatic rings. The zero-order valence-corrected chi connectivity index (χ0v) is 12.7. The van der Waals surface area contributed by atoms with Crippen molar-refractivity contribution in [2.75, 3.05) is 33.7 Å². The first kappa shape index (κ1) is 14.5. The van der Waals surface area contributed by atoms with E-state index in [0.717, 1.165) is 0 Å². The molecule has 0 aromatic heterocycles. The molecular weight excluding hydrogens is 232 g/mol. The summed E-state index contributed by atoms with van der Waals surface area (Å²) in [5.74, 6) is 0. The smallest absolute Gasteiger partial charge is 0.0199 e. The van der Waals surface area contributed by atoms with Crippen LogP contribution in [0.25, 0.3) is 0 Å². The number of benzene rings is 1. The Hall–Kier alpha value is -0.860. The maximum Gasteiger partial charge on any atom is 0.0199 e. The summed E-state index contributed by atoms with van der Waals surface area (Å²) in [7, 11) is 4.43. The number of nitrogens with zero attached hydrogens (tertiary/aromatic N) is 2. The fraction of sp³-hybridized carbons (Fsp3) is 0.647. The van der Waals surface area contributed by atoms with Crippen LogP contribution in [0.15, 0.2) is 30.3 Å². The Morgan fingerprint density at radius 2 is 1.74 bits per heavy atom. The zero-order valence-electron chi connectivity index (χ0n) is 12.7. The number of hydrogen-bond acceptors (Lipinski definition) is 2. The first-order chi connectivity index (χ1) is 9.10. The summed E-state index contributed by atoms with van der Waals surface area (Å²) in [5, 5.41) is 0. The Morgan fingerprint density at radius 3 is 2.32 bits per heavy atom. The van der Waals surface area contributed by atoms with Gasteiger partial charge in [-0.15, -0.1) is 0 Å². The van der Waals surface area contributed by atoms with Crippen molar-refractivity contribution in [1.29, 1.82) is 0 Å². The van der Waals surface area contributed by atoms with Crippen LogP contribution in [0.3, 0.4) is 0 Å². The second kappa shape index (κ2) is 6.53. The van der Waals surface area contributed by atoms with E-state index in [9.17, 15) is 0 Å². The van der Waals surface area contributed by atoms with Gasteiger partial charge in [-0.05, 0) is 71.9 Å². The molecule has 1 aliphatic heterocycles. The summed E-state index contributed by atoms with van der Waals surface area (Å²) < 4.78 is 0. The lowest BCUT2D eigenvalue weighted by Crippen LogP contribution is -2.50. The van der Waals surface area contributed by atoms with Gasteiger partial charge in [0, 0.05) is 5.54 Å². The van der Waals surface area contributed by atoms with Crippen LogP contribution in [-0.2, 0) is 6.42 Å². The highest BCUT2D eigenvalue weighted by Gasteiger charge is 2.31. The third-order valence-electron chi connectivity index (χ3n) is 4.80. The van der Waals surface area contributed by atoms with Gasteiger partial charge in [0.1, 0.15) is 0 Å². The Morgan fingerprint density at radius 1 is 1.11 bits per heavy atom. The van der Waals surface area contributed by atoms with Crippen LogP contribution < -0.4 is 0 Å². The Bertz CT molecular complexity index is 364. The molecule has 19 heavy (non-hydrogen) atoms. The Balaban J connectivity index is 1.69. The van der Waals surface area contributed by atoms with E-state index in [1.165, 1.54) is 50.9 Å². The number of likely N-dealkylation sites (tertiary alicyclic amines) is 1. The van der Waals surface area contributed by atoms with Gasteiger partial charge in [-0.1, -0.05) is 30.3 Å². The summed E-state index contributed by atoms with van der Waals surface area (Å²) in [4.78, 5) is 5.03. The van der Waals surface area contributed by atoms with Crippen molar-refractivity contribution in [2.45, 2.75) is 38.1 Å². The van der Waals surface area contributed by atoms with Gasteiger partial charge in [0.25, 0.3) is 0 Å². The largest absolute Gasteiger partial charge is 0.304 e. The summed E-state index contributed by atoms with van der Waals surface area (Å²) in [5.41, 5.74) is 1.88.